The first-order chi connectivity index (χ1) is 11.4. The second-order valence-electron chi connectivity index (χ2n) is 7.15. The van der Waals surface area contributed by atoms with Crippen LogP contribution < -0.4 is 4.74 Å². The molecular weight excluding hydrogens is 326 g/mol. The van der Waals surface area contributed by atoms with Crippen LogP contribution in [0.3, 0.4) is 0 Å². The lowest BCUT2D eigenvalue weighted by molar-refractivity contribution is -0.112. The van der Waals surface area contributed by atoms with Gasteiger partial charge < -0.3 is 14.4 Å². The second kappa shape index (κ2) is 6.31. The average Bonchev–Trinajstić information content (AvgIpc) is 3.15. The Bertz CT molecular complexity index is 685. The van der Waals surface area contributed by atoms with Crippen molar-refractivity contribution < 1.29 is 19.1 Å². The third-order valence-corrected chi connectivity index (χ3v) is 6.11. The van der Waals surface area contributed by atoms with Gasteiger partial charge in [0.15, 0.2) is 10.8 Å². The van der Waals surface area contributed by atoms with Gasteiger partial charge in [-0.1, -0.05) is 25.2 Å². The molecule has 1 aliphatic carbocycles. The first-order valence-corrected chi connectivity index (χ1v) is 9.29. The lowest BCUT2D eigenvalue weighted by Crippen LogP contribution is -2.39. The van der Waals surface area contributed by atoms with Gasteiger partial charge in [0.2, 0.25) is 0 Å². The van der Waals surface area contributed by atoms with Crippen LogP contribution in [0.25, 0.3) is 0 Å². The predicted molar refractivity (Wildman–Crippen MR) is 92.0 cm³/mol. The molecule has 0 bridgehead atoms. The molecule has 1 aromatic heterocycles. The van der Waals surface area contributed by atoms with Gasteiger partial charge in [0.05, 0.1) is 23.0 Å². The van der Waals surface area contributed by atoms with Crippen molar-refractivity contribution in [2.45, 2.75) is 40.0 Å². The Morgan fingerprint density at radius 2 is 2.04 bits per heavy atom. The first kappa shape index (κ1) is 17.1. The number of rotatable bonds is 4. The number of ketones is 1. The molecule has 1 amide bonds. The van der Waals surface area contributed by atoms with Crippen molar-refractivity contribution in [1.29, 1.82) is 0 Å². The van der Waals surface area contributed by atoms with Crippen LogP contribution in [0, 0.1) is 11.3 Å². The summed E-state index contributed by atoms with van der Waals surface area (Å²) in [5, 5.41) is 0.488. The zero-order valence-corrected chi connectivity index (χ0v) is 15.2. The van der Waals surface area contributed by atoms with E-state index in [4.69, 9.17) is 4.74 Å². The zero-order valence-electron chi connectivity index (χ0n) is 14.4. The Kier molecular flexibility index (Phi) is 4.51. The highest BCUT2D eigenvalue weighted by Crippen LogP contribution is 2.47. The number of ether oxygens (including phenoxy) is 1. The summed E-state index contributed by atoms with van der Waals surface area (Å²) in [6.07, 6.45) is 3.32. The molecule has 24 heavy (non-hydrogen) atoms. The fourth-order valence-electron chi connectivity index (χ4n) is 3.65. The predicted octanol–water partition coefficient (Wildman–Crippen LogP) is 2.96. The van der Waals surface area contributed by atoms with E-state index in [9.17, 15) is 14.4 Å². The highest BCUT2D eigenvalue weighted by Gasteiger charge is 2.46. The number of Topliss-reactive ketones (excluding diaryl/α,β-unsaturated/α-hetero) is 1. The van der Waals surface area contributed by atoms with E-state index in [1.54, 1.807) is 0 Å². The molecule has 0 N–H and O–H groups in total. The van der Waals surface area contributed by atoms with Crippen LogP contribution in [0.2, 0.25) is 0 Å². The van der Waals surface area contributed by atoms with Gasteiger partial charge in [-0.05, 0) is 37.2 Å². The standard InChI is InChI=1S/C18H23NO4S/c1-4-23-17-13-11(9-18(2,3)12(10-20)14(13)21)15(24-17)16(22)19-7-5-6-8-19/h10,12H,4-9H2,1-3H3. The molecule has 2 aliphatic rings. The van der Waals surface area contributed by atoms with Gasteiger partial charge in [-0.2, -0.15) is 0 Å². The molecule has 0 spiro atoms. The molecule has 1 unspecified atom stereocenters. The van der Waals surface area contributed by atoms with Crippen LogP contribution in [0.5, 0.6) is 5.06 Å². The Labute approximate surface area is 146 Å². The topological polar surface area (TPSA) is 63.7 Å². The molecule has 0 saturated carbocycles. The van der Waals surface area contributed by atoms with Gasteiger partial charge in [-0.15, -0.1) is 0 Å². The summed E-state index contributed by atoms with van der Waals surface area (Å²) < 4.78 is 5.64. The minimum atomic E-state index is -0.687. The molecule has 1 saturated heterocycles. The fourth-order valence-corrected chi connectivity index (χ4v) is 4.85. The number of carbonyl (C=O) groups excluding carboxylic acids is 3. The van der Waals surface area contributed by atoms with Crippen LogP contribution in [0.1, 0.15) is 59.2 Å². The Balaban J connectivity index is 2.10. The van der Waals surface area contributed by atoms with Gasteiger partial charge in [0.25, 0.3) is 5.91 Å². The molecule has 0 radical (unpaired) electrons. The van der Waals surface area contributed by atoms with Crippen LogP contribution in [0.4, 0.5) is 0 Å². The van der Waals surface area contributed by atoms with Crippen molar-refractivity contribution in [3.05, 3.63) is 16.0 Å². The van der Waals surface area contributed by atoms with E-state index in [-0.39, 0.29) is 11.7 Å². The molecule has 1 fully saturated rings. The molecule has 1 aliphatic heterocycles. The Hall–Kier alpha value is -1.69. The third-order valence-electron chi connectivity index (χ3n) is 4.98. The van der Waals surface area contributed by atoms with E-state index in [0.717, 1.165) is 37.8 Å². The van der Waals surface area contributed by atoms with Gasteiger partial charge in [-0.3, -0.25) is 9.59 Å². The first-order valence-electron chi connectivity index (χ1n) is 8.48. The molecular formula is C18H23NO4S. The van der Waals surface area contributed by atoms with Crippen LogP contribution in [-0.4, -0.2) is 42.6 Å². The minimum Gasteiger partial charge on any atom is -0.484 e. The lowest BCUT2D eigenvalue weighted by Gasteiger charge is -2.34. The Morgan fingerprint density at radius 1 is 1.38 bits per heavy atom. The highest BCUT2D eigenvalue weighted by atomic mass is 32.1. The van der Waals surface area contributed by atoms with Gasteiger partial charge in [0.1, 0.15) is 6.29 Å². The van der Waals surface area contributed by atoms with E-state index in [0.29, 0.717) is 28.5 Å². The van der Waals surface area contributed by atoms with Crippen molar-refractivity contribution in [2.75, 3.05) is 19.7 Å². The van der Waals surface area contributed by atoms with E-state index < -0.39 is 11.3 Å². The monoisotopic (exact) mass is 349 g/mol. The number of nitrogens with zero attached hydrogens (tertiary/aromatic N) is 1. The zero-order chi connectivity index (χ0) is 17.5. The largest absolute Gasteiger partial charge is 0.484 e. The summed E-state index contributed by atoms with van der Waals surface area (Å²) in [7, 11) is 0. The van der Waals surface area contributed by atoms with E-state index in [1.807, 2.05) is 25.7 Å². The van der Waals surface area contributed by atoms with Gasteiger partial charge in [0, 0.05) is 13.1 Å². The SMILES string of the molecule is CCOc1sc(C(=O)N2CCCC2)c2c1C(=O)C(C=O)C(C)(C)C2. The molecule has 6 heteroatoms. The quantitative estimate of drug-likeness (QED) is 0.619. The van der Waals surface area contributed by atoms with E-state index in [2.05, 4.69) is 0 Å². The molecule has 1 atom stereocenters. The van der Waals surface area contributed by atoms with Crippen molar-refractivity contribution in [3.8, 4) is 5.06 Å². The Morgan fingerprint density at radius 3 is 2.62 bits per heavy atom. The lowest BCUT2D eigenvalue weighted by atomic mass is 9.67. The molecule has 5 nitrogen and oxygen atoms in total. The smallest absolute Gasteiger partial charge is 0.264 e. The number of aldehydes is 1. The normalized spacial score (nSPS) is 22.4. The van der Waals surface area contributed by atoms with Crippen LogP contribution in [0.15, 0.2) is 0 Å². The van der Waals surface area contributed by atoms with E-state index >= 15 is 0 Å². The van der Waals surface area contributed by atoms with Gasteiger partial charge in [-0.25, -0.2) is 0 Å². The van der Waals surface area contributed by atoms with Crippen molar-refractivity contribution in [1.82, 2.24) is 4.90 Å². The molecule has 130 valence electrons. The van der Waals surface area contributed by atoms with Crippen LogP contribution >= 0.6 is 11.3 Å². The number of thiophene rings is 1. The summed E-state index contributed by atoms with van der Waals surface area (Å²) in [6.45, 7) is 7.63. The summed E-state index contributed by atoms with van der Waals surface area (Å²) in [6, 6.07) is 0. The summed E-state index contributed by atoms with van der Waals surface area (Å²) >= 11 is 1.26. The second-order valence-corrected chi connectivity index (χ2v) is 8.13. The summed E-state index contributed by atoms with van der Waals surface area (Å²) in [5.41, 5.74) is 0.741. The molecule has 1 aromatic rings. The molecule has 3 rings (SSSR count). The highest BCUT2D eigenvalue weighted by molar-refractivity contribution is 7.16. The summed E-state index contributed by atoms with van der Waals surface area (Å²) in [4.78, 5) is 39.7. The number of hydrogen-bond acceptors (Lipinski definition) is 5. The van der Waals surface area contributed by atoms with Gasteiger partial charge >= 0.3 is 0 Å². The fraction of sp³-hybridized carbons (Fsp3) is 0.611. The molecule has 0 aromatic carbocycles. The third kappa shape index (κ3) is 2.66. The maximum absolute atomic E-state index is 12.9. The number of carbonyl (C=O) groups is 3. The number of fused-ring (bicyclic) bond motifs is 1. The van der Waals surface area contributed by atoms with Crippen molar-refractivity contribution >= 4 is 29.3 Å². The van der Waals surface area contributed by atoms with Crippen molar-refractivity contribution in [3.63, 3.8) is 0 Å². The average molecular weight is 349 g/mol. The maximum Gasteiger partial charge on any atom is 0.264 e. The number of amides is 1. The number of hydrogen-bond donors (Lipinski definition) is 0. The summed E-state index contributed by atoms with van der Waals surface area (Å²) in [5.74, 6) is -0.905. The maximum atomic E-state index is 12.9. The number of likely N-dealkylation sites (tertiary alicyclic amines) is 1. The van der Waals surface area contributed by atoms with Crippen molar-refractivity contribution in [2.24, 2.45) is 11.3 Å². The van der Waals surface area contributed by atoms with E-state index in [1.165, 1.54) is 11.3 Å². The van der Waals surface area contributed by atoms with Crippen LogP contribution in [-0.2, 0) is 11.2 Å². The molecule has 2 heterocycles. The minimum absolute atomic E-state index is 0.00661.